The number of rotatable bonds is 8. The summed E-state index contributed by atoms with van der Waals surface area (Å²) in [6.45, 7) is 6.55. The normalized spacial score (nSPS) is 13.9. The maximum Gasteiger partial charge on any atom is 0.260 e. The lowest BCUT2D eigenvalue weighted by atomic mass is 10.1. The second-order valence-corrected chi connectivity index (χ2v) is 7.93. The summed E-state index contributed by atoms with van der Waals surface area (Å²) in [5.41, 5.74) is 3.69. The Kier molecular flexibility index (Phi) is 7.89. The van der Waals surface area contributed by atoms with Crippen molar-refractivity contribution in [2.45, 2.75) is 39.5 Å². The van der Waals surface area contributed by atoms with Gasteiger partial charge in [-0.05, 0) is 43.0 Å². The van der Waals surface area contributed by atoms with Gasteiger partial charge in [-0.15, -0.1) is 0 Å². The maximum absolute atomic E-state index is 12.5. The molecule has 0 spiro atoms. The lowest BCUT2D eigenvalue weighted by Gasteiger charge is -2.34. The van der Waals surface area contributed by atoms with E-state index in [9.17, 15) is 9.59 Å². The Balaban J connectivity index is 1.38. The summed E-state index contributed by atoms with van der Waals surface area (Å²) in [6.07, 6.45) is 3.42. The van der Waals surface area contributed by atoms with Crippen molar-refractivity contribution in [2.24, 2.45) is 0 Å². The predicted octanol–water partition coefficient (Wildman–Crippen LogP) is 3.63. The molecular formula is C25H32N2O3. The molecule has 1 heterocycles. The molecule has 0 unspecified atom stereocenters. The van der Waals surface area contributed by atoms with Crippen LogP contribution >= 0.6 is 0 Å². The molecule has 1 saturated heterocycles. The Morgan fingerprint density at radius 2 is 1.33 bits per heavy atom. The minimum atomic E-state index is -0.0283. The number of hydrogen-bond donors (Lipinski definition) is 0. The van der Waals surface area contributed by atoms with Crippen LogP contribution in [-0.2, 0) is 22.4 Å². The first-order chi connectivity index (χ1) is 14.5. The maximum atomic E-state index is 12.5. The number of hydrogen-bond acceptors (Lipinski definition) is 3. The van der Waals surface area contributed by atoms with Crippen LogP contribution in [0.15, 0.2) is 48.5 Å². The van der Waals surface area contributed by atoms with Crippen LogP contribution in [-0.4, -0.2) is 54.4 Å². The second kappa shape index (κ2) is 10.8. The Bertz CT molecular complexity index is 822. The highest BCUT2D eigenvalue weighted by Crippen LogP contribution is 2.14. The van der Waals surface area contributed by atoms with Gasteiger partial charge >= 0.3 is 0 Å². The Morgan fingerprint density at radius 1 is 0.800 bits per heavy atom. The summed E-state index contributed by atoms with van der Waals surface area (Å²) in [6, 6.07) is 16.2. The van der Waals surface area contributed by atoms with Gasteiger partial charge in [0.15, 0.2) is 6.61 Å². The highest BCUT2D eigenvalue weighted by Gasteiger charge is 2.24. The SMILES string of the molecule is CCCc1ccc(OCC(=O)N2CCN(C(=O)CCc3ccc(C)cc3)CC2)cc1. The highest BCUT2D eigenvalue weighted by molar-refractivity contribution is 5.79. The number of carbonyl (C=O) groups excluding carboxylic acids is 2. The summed E-state index contributed by atoms with van der Waals surface area (Å²) >= 11 is 0. The van der Waals surface area contributed by atoms with E-state index in [4.69, 9.17) is 4.74 Å². The molecule has 160 valence electrons. The molecule has 0 radical (unpaired) electrons. The number of aryl methyl sites for hydroxylation is 3. The molecule has 2 amide bonds. The first kappa shape index (κ1) is 21.9. The third-order valence-electron chi connectivity index (χ3n) is 5.56. The van der Waals surface area contributed by atoms with Crippen molar-refractivity contribution < 1.29 is 14.3 Å². The number of benzene rings is 2. The van der Waals surface area contributed by atoms with Gasteiger partial charge in [-0.3, -0.25) is 9.59 Å². The molecule has 0 saturated carbocycles. The van der Waals surface area contributed by atoms with Gasteiger partial charge < -0.3 is 14.5 Å². The second-order valence-electron chi connectivity index (χ2n) is 7.93. The Hall–Kier alpha value is -2.82. The van der Waals surface area contributed by atoms with E-state index in [0.717, 1.165) is 19.3 Å². The van der Waals surface area contributed by atoms with Crippen molar-refractivity contribution in [2.75, 3.05) is 32.8 Å². The number of ether oxygens (including phenoxy) is 1. The summed E-state index contributed by atoms with van der Waals surface area (Å²) in [7, 11) is 0. The fourth-order valence-corrected chi connectivity index (χ4v) is 3.65. The van der Waals surface area contributed by atoms with Crippen LogP contribution in [0, 0.1) is 6.92 Å². The quantitative estimate of drug-likeness (QED) is 0.670. The van der Waals surface area contributed by atoms with Gasteiger partial charge in [0.05, 0.1) is 0 Å². The van der Waals surface area contributed by atoms with E-state index in [0.29, 0.717) is 38.3 Å². The van der Waals surface area contributed by atoms with Crippen LogP contribution in [0.5, 0.6) is 5.75 Å². The molecule has 1 aliphatic heterocycles. The summed E-state index contributed by atoms with van der Waals surface area (Å²) in [4.78, 5) is 28.6. The average Bonchev–Trinajstić information content (AvgIpc) is 2.78. The summed E-state index contributed by atoms with van der Waals surface area (Å²) < 4.78 is 5.65. The minimum Gasteiger partial charge on any atom is -0.484 e. The average molecular weight is 409 g/mol. The van der Waals surface area contributed by atoms with Gasteiger partial charge in [0, 0.05) is 32.6 Å². The van der Waals surface area contributed by atoms with Crippen LogP contribution < -0.4 is 4.74 Å². The number of nitrogens with zero attached hydrogens (tertiary/aromatic N) is 2. The summed E-state index contributed by atoms with van der Waals surface area (Å²) in [5.74, 6) is 0.846. The van der Waals surface area contributed by atoms with E-state index >= 15 is 0 Å². The fourth-order valence-electron chi connectivity index (χ4n) is 3.65. The standard InChI is InChI=1S/C25H32N2O3/c1-3-4-21-9-12-23(13-10-21)30-19-25(29)27-17-15-26(16-18-27)24(28)14-11-22-7-5-20(2)6-8-22/h5-10,12-13H,3-4,11,14-19H2,1-2H3. The predicted molar refractivity (Wildman–Crippen MR) is 119 cm³/mol. The summed E-state index contributed by atoms with van der Waals surface area (Å²) in [5, 5.41) is 0. The van der Waals surface area contributed by atoms with Crippen molar-refractivity contribution in [3.8, 4) is 5.75 Å². The lowest BCUT2D eigenvalue weighted by molar-refractivity contribution is -0.140. The fraction of sp³-hybridized carbons (Fsp3) is 0.440. The zero-order valence-corrected chi connectivity index (χ0v) is 18.1. The van der Waals surface area contributed by atoms with E-state index in [2.05, 4.69) is 38.1 Å². The third kappa shape index (κ3) is 6.34. The Morgan fingerprint density at radius 3 is 1.93 bits per heavy atom. The molecule has 1 aliphatic rings. The molecule has 3 rings (SSSR count). The van der Waals surface area contributed by atoms with E-state index in [1.165, 1.54) is 16.7 Å². The third-order valence-corrected chi connectivity index (χ3v) is 5.56. The van der Waals surface area contributed by atoms with Crippen LogP contribution in [0.4, 0.5) is 0 Å². The van der Waals surface area contributed by atoms with E-state index in [1.807, 2.05) is 29.2 Å². The van der Waals surface area contributed by atoms with Crippen molar-refractivity contribution in [3.05, 3.63) is 65.2 Å². The minimum absolute atomic E-state index is 0.0283. The van der Waals surface area contributed by atoms with Gasteiger partial charge in [-0.2, -0.15) is 0 Å². The lowest BCUT2D eigenvalue weighted by Crippen LogP contribution is -2.51. The van der Waals surface area contributed by atoms with Gasteiger partial charge in [0.2, 0.25) is 5.91 Å². The number of amides is 2. The van der Waals surface area contributed by atoms with E-state index < -0.39 is 0 Å². The molecule has 0 atom stereocenters. The van der Waals surface area contributed by atoms with Crippen molar-refractivity contribution in [3.63, 3.8) is 0 Å². The van der Waals surface area contributed by atoms with Crippen LogP contribution in [0.25, 0.3) is 0 Å². The molecular weight excluding hydrogens is 376 g/mol. The smallest absolute Gasteiger partial charge is 0.260 e. The molecule has 0 aromatic heterocycles. The molecule has 2 aromatic carbocycles. The van der Waals surface area contributed by atoms with E-state index in [-0.39, 0.29) is 18.4 Å². The van der Waals surface area contributed by atoms with Gasteiger partial charge in [-0.1, -0.05) is 55.3 Å². The zero-order chi connectivity index (χ0) is 21.3. The first-order valence-corrected chi connectivity index (χ1v) is 10.9. The molecule has 0 N–H and O–H groups in total. The molecule has 0 aliphatic carbocycles. The Labute approximate surface area is 179 Å². The largest absolute Gasteiger partial charge is 0.484 e. The van der Waals surface area contributed by atoms with Crippen molar-refractivity contribution in [1.29, 1.82) is 0 Å². The molecule has 1 fully saturated rings. The molecule has 2 aromatic rings. The monoisotopic (exact) mass is 408 g/mol. The first-order valence-electron chi connectivity index (χ1n) is 10.9. The molecule has 30 heavy (non-hydrogen) atoms. The molecule has 5 heteroatoms. The number of piperazine rings is 1. The molecule has 0 bridgehead atoms. The van der Waals surface area contributed by atoms with Crippen LogP contribution in [0.2, 0.25) is 0 Å². The van der Waals surface area contributed by atoms with Crippen LogP contribution in [0.1, 0.15) is 36.5 Å². The van der Waals surface area contributed by atoms with Crippen molar-refractivity contribution >= 4 is 11.8 Å². The van der Waals surface area contributed by atoms with Gasteiger partial charge in [0.25, 0.3) is 5.91 Å². The van der Waals surface area contributed by atoms with Gasteiger partial charge in [-0.25, -0.2) is 0 Å². The topological polar surface area (TPSA) is 49.9 Å². The van der Waals surface area contributed by atoms with Gasteiger partial charge in [0.1, 0.15) is 5.75 Å². The number of carbonyl (C=O) groups is 2. The molecule has 5 nitrogen and oxygen atoms in total. The van der Waals surface area contributed by atoms with E-state index in [1.54, 1.807) is 4.90 Å². The highest BCUT2D eigenvalue weighted by atomic mass is 16.5. The van der Waals surface area contributed by atoms with Crippen LogP contribution in [0.3, 0.4) is 0 Å². The zero-order valence-electron chi connectivity index (χ0n) is 18.1. The van der Waals surface area contributed by atoms with Crippen molar-refractivity contribution in [1.82, 2.24) is 9.80 Å².